The second kappa shape index (κ2) is 4.58. The summed E-state index contributed by atoms with van der Waals surface area (Å²) >= 11 is 0. The van der Waals surface area contributed by atoms with E-state index in [0.29, 0.717) is 18.4 Å². The van der Waals surface area contributed by atoms with Gasteiger partial charge in [-0.25, -0.2) is 0 Å². The summed E-state index contributed by atoms with van der Waals surface area (Å²) in [5.41, 5.74) is 0.764. The predicted molar refractivity (Wildman–Crippen MR) is 60.9 cm³/mol. The minimum atomic E-state index is -0.0628. The predicted octanol–water partition coefficient (Wildman–Crippen LogP) is 1.70. The average molecular weight is 213 g/mol. The largest absolute Gasteiger partial charge is 0.287 e. The smallest absolute Gasteiger partial charge is 0.207 e. The minimum Gasteiger partial charge on any atom is -0.287 e. The van der Waals surface area contributed by atoms with E-state index in [-0.39, 0.29) is 5.43 Å². The second-order valence-electron chi connectivity index (χ2n) is 3.51. The summed E-state index contributed by atoms with van der Waals surface area (Å²) in [5, 5.41) is 13.2. The number of para-hydroxylation sites is 1. The van der Waals surface area contributed by atoms with Gasteiger partial charge in [0, 0.05) is 18.4 Å². The first kappa shape index (κ1) is 10.4. The SMILES string of the molecule is N#CCCCn1ncc(=O)c2ccccc21. The molecule has 4 nitrogen and oxygen atoms in total. The minimum absolute atomic E-state index is 0.0628. The van der Waals surface area contributed by atoms with Gasteiger partial charge >= 0.3 is 0 Å². The van der Waals surface area contributed by atoms with Gasteiger partial charge in [0.15, 0.2) is 0 Å². The lowest BCUT2D eigenvalue weighted by molar-refractivity contribution is 0.594. The van der Waals surface area contributed by atoms with E-state index < -0.39 is 0 Å². The molecule has 1 aromatic carbocycles. The molecule has 1 heterocycles. The highest BCUT2D eigenvalue weighted by atomic mass is 16.1. The fraction of sp³-hybridized carbons (Fsp3) is 0.250. The Morgan fingerprint density at radius 3 is 3.00 bits per heavy atom. The zero-order valence-electron chi connectivity index (χ0n) is 8.76. The number of nitriles is 1. The van der Waals surface area contributed by atoms with Crippen LogP contribution >= 0.6 is 0 Å². The molecule has 0 bridgehead atoms. The topological polar surface area (TPSA) is 58.7 Å². The molecule has 0 aliphatic carbocycles. The number of rotatable bonds is 3. The van der Waals surface area contributed by atoms with Gasteiger partial charge < -0.3 is 0 Å². The average Bonchev–Trinajstić information content (AvgIpc) is 2.33. The first-order valence-electron chi connectivity index (χ1n) is 5.15. The zero-order valence-corrected chi connectivity index (χ0v) is 8.76. The summed E-state index contributed by atoms with van der Waals surface area (Å²) in [7, 11) is 0. The van der Waals surface area contributed by atoms with Gasteiger partial charge in [-0.3, -0.25) is 9.48 Å². The number of nitrogens with zero attached hydrogens (tertiary/aromatic N) is 3. The molecule has 0 saturated carbocycles. The van der Waals surface area contributed by atoms with Crippen LogP contribution in [0.3, 0.4) is 0 Å². The summed E-state index contributed by atoms with van der Waals surface area (Å²) in [5.74, 6) is 0. The monoisotopic (exact) mass is 213 g/mol. The summed E-state index contributed by atoms with van der Waals surface area (Å²) in [6, 6.07) is 9.47. The standard InChI is InChI=1S/C12H11N3O/c13-7-3-4-8-15-11-6-2-1-5-10(11)12(16)9-14-15/h1-2,5-6,9H,3-4,8H2. The fourth-order valence-electron chi connectivity index (χ4n) is 1.65. The molecule has 0 amide bonds. The molecule has 4 heteroatoms. The number of unbranched alkanes of at least 4 members (excludes halogenated alkanes) is 1. The van der Waals surface area contributed by atoms with Crippen LogP contribution in [-0.2, 0) is 6.54 Å². The molecule has 0 aliphatic heterocycles. The van der Waals surface area contributed by atoms with Crippen molar-refractivity contribution in [3.05, 3.63) is 40.7 Å². The van der Waals surface area contributed by atoms with E-state index in [9.17, 15) is 4.79 Å². The quantitative estimate of drug-likeness (QED) is 0.729. The number of aryl methyl sites for hydroxylation is 1. The molecule has 0 N–H and O–H groups in total. The summed E-state index contributed by atoms with van der Waals surface area (Å²) in [4.78, 5) is 11.5. The number of hydrogen-bond donors (Lipinski definition) is 0. The van der Waals surface area contributed by atoms with Crippen LogP contribution in [0.5, 0.6) is 0 Å². The van der Waals surface area contributed by atoms with Gasteiger partial charge in [0.1, 0.15) is 0 Å². The fourth-order valence-corrected chi connectivity index (χ4v) is 1.65. The van der Waals surface area contributed by atoms with Crippen molar-refractivity contribution < 1.29 is 0 Å². The molecule has 0 unspecified atom stereocenters. The maximum absolute atomic E-state index is 11.5. The molecule has 0 saturated heterocycles. The van der Waals surface area contributed by atoms with E-state index >= 15 is 0 Å². The number of hydrogen-bond acceptors (Lipinski definition) is 3. The molecule has 0 radical (unpaired) electrons. The van der Waals surface area contributed by atoms with Crippen molar-refractivity contribution in [2.45, 2.75) is 19.4 Å². The van der Waals surface area contributed by atoms with Crippen molar-refractivity contribution in [1.82, 2.24) is 9.78 Å². The summed E-state index contributed by atoms with van der Waals surface area (Å²) < 4.78 is 1.77. The third-order valence-electron chi connectivity index (χ3n) is 2.42. The van der Waals surface area contributed by atoms with Crippen LogP contribution in [0.1, 0.15) is 12.8 Å². The maximum Gasteiger partial charge on any atom is 0.207 e. The Hall–Kier alpha value is -2.15. The van der Waals surface area contributed by atoms with Crippen LogP contribution < -0.4 is 5.43 Å². The van der Waals surface area contributed by atoms with Crippen LogP contribution in [0, 0.1) is 11.3 Å². The molecule has 0 spiro atoms. The van der Waals surface area contributed by atoms with Gasteiger partial charge in [0.05, 0.1) is 17.8 Å². The first-order valence-corrected chi connectivity index (χ1v) is 5.15. The highest BCUT2D eigenvalue weighted by molar-refractivity contribution is 5.77. The Morgan fingerprint density at radius 1 is 1.38 bits per heavy atom. The van der Waals surface area contributed by atoms with Gasteiger partial charge in [-0.2, -0.15) is 10.4 Å². The van der Waals surface area contributed by atoms with Crippen LogP contribution in [0.25, 0.3) is 10.9 Å². The molecular formula is C12H11N3O. The van der Waals surface area contributed by atoms with Crippen LogP contribution in [-0.4, -0.2) is 9.78 Å². The van der Waals surface area contributed by atoms with Crippen molar-refractivity contribution in [3.63, 3.8) is 0 Å². The van der Waals surface area contributed by atoms with Gasteiger partial charge in [0.25, 0.3) is 0 Å². The Balaban J connectivity index is 2.43. The van der Waals surface area contributed by atoms with E-state index in [1.165, 1.54) is 6.20 Å². The van der Waals surface area contributed by atoms with E-state index in [4.69, 9.17) is 5.26 Å². The third-order valence-corrected chi connectivity index (χ3v) is 2.42. The Morgan fingerprint density at radius 2 is 2.19 bits per heavy atom. The molecule has 1 aromatic heterocycles. The van der Waals surface area contributed by atoms with Gasteiger partial charge in [-0.05, 0) is 18.6 Å². The molecule has 0 fully saturated rings. The van der Waals surface area contributed by atoms with E-state index in [2.05, 4.69) is 11.2 Å². The van der Waals surface area contributed by atoms with Crippen molar-refractivity contribution in [1.29, 1.82) is 5.26 Å². The van der Waals surface area contributed by atoms with Crippen molar-refractivity contribution in [3.8, 4) is 6.07 Å². The van der Waals surface area contributed by atoms with Crippen LogP contribution in [0.15, 0.2) is 35.3 Å². The van der Waals surface area contributed by atoms with Gasteiger partial charge in [-0.15, -0.1) is 0 Å². The van der Waals surface area contributed by atoms with Crippen molar-refractivity contribution in [2.24, 2.45) is 0 Å². The Kier molecular flexibility index (Phi) is 2.97. The number of fused-ring (bicyclic) bond motifs is 1. The Labute approximate surface area is 92.7 Å². The normalized spacial score (nSPS) is 10.2. The van der Waals surface area contributed by atoms with Crippen molar-refractivity contribution >= 4 is 10.9 Å². The molecule has 2 rings (SSSR count). The highest BCUT2D eigenvalue weighted by Gasteiger charge is 2.02. The molecule has 2 aromatic rings. The summed E-state index contributed by atoms with van der Waals surface area (Å²) in [6.07, 6.45) is 2.58. The van der Waals surface area contributed by atoms with E-state index in [0.717, 1.165) is 11.9 Å². The summed E-state index contributed by atoms with van der Waals surface area (Å²) in [6.45, 7) is 0.661. The lowest BCUT2D eigenvalue weighted by Gasteiger charge is -2.07. The van der Waals surface area contributed by atoms with Crippen LogP contribution in [0.2, 0.25) is 0 Å². The molecule has 0 aliphatic rings. The van der Waals surface area contributed by atoms with Crippen molar-refractivity contribution in [2.75, 3.05) is 0 Å². The number of benzene rings is 1. The molecular weight excluding hydrogens is 202 g/mol. The van der Waals surface area contributed by atoms with Crippen LogP contribution in [0.4, 0.5) is 0 Å². The van der Waals surface area contributed by atoms with Gasteiger partial charge in [0.2, 0.25) is 5.43 Å². The first-order chi connectivity index (χ1) is 7.83. The van der Waals surface area contributed by atoms with E-state index in [1.54, 1.807) is 10.7 Å². The molecule has 80 valence electrons. The molecule has 0 atom stereocenters. The third kappa shape index (κ3) is 1.94. The second-order valence-corrected chi connectivity index (χ2v) is 3.51. The Bertz CT molecular complexity index is 595. The highest BCUT2D eigenvalue weighted by Crippen LogP contribution is 2.08. The number of aromatic nitrogens is 2. The lowest BCUT2D eigenvalue weighted by Crippen LogP contribution is -2.12. The van der Waals surface area contributed by atoms with E-state index in [1.807, 2.05) is 18.2 Å². The lowest BCUT2D eigenvalue weighted by atomic mass is 10.2. The molecule has 16 heavy (non-hydrogen) atoms. The maximum atomic E-state index is 11.5. The van der Waals surface area contributed by atoms with Gasteiger partial charge in [-0.1, -0.05) is 12.1 Å². The zero-order chi connectivity index (χ0) is 11.4.